The van der Waals surface area contributed by atoms with Crippen LogP contribution in [0, 0.1) is 11.3 Å². The van der Waals surface area contributed by atoms with Crippen LogP contribution >= 0.6 is 23.1 Å². The number of aromatic nitrogens is 2. The molecule has 0 aliphatic heterocycles. The first kappa shape index (κ1) is 20.4. The van der Waals surface area contributed by atoms with Crippen molar-refractivity contribution in [2.75, 3.05) is 0 Å². The van der Waals surface area contributed by atoms with Crippen LogP contribution < -0.4 is 11.3 Å². The number of nitrogens with zero attached hydrogens (tertiary/aromatic N) is 2. The number of thiophene rings is 1. The molecule has 0 spiro atoms. The number of rotatable bonds is 5. The Morgan fingerprint density at radius 3 is 2.74 bits per heavy atom. The van der Waals surface area contributed by atoms with Crippen LogP contribution in [0.3, 0.4) is 0 Å². The van der Waals surface area contributed by atoms with Gasteiger partial charge in [0.05, 0.1) is 10.6 Å². The summed E-state index contributed by atoms with van der Waals surface area (Å²) in [4.78, 5) is 31.7. The number of carbonyl (C=O) groups excluding carboxylic acids is 1. The molecule has 1 amide bonds. The van der Waals surface area contributed by atoms with Gasteiger partial charge in [0, 0.05) is 11.4 Å². The van der Waals surface area contributed by atoms with Crippen molar-refractivity contribution in [2.45, 2.75) is 77.3 Å². The molecule has 27 heavy (non-hydrogen) atoms. The van der Waals surface area contributed by atoms with E-state index in [2.05, 4.69) is 20.8 Å². The van der Waals surface area contributed by atoms with E-state index in [0.717, 1.165) is 35.9 Å². The minimum Gasteiger partial charge on any atom is -0.369 e. The van der Waals surface area contributed by atoms with E-state index < -0.39 is 11.2 Å². The maximum absolute atomic E-state index is 13.3. The van der Waals surface area contributed by atoms with Crippen molar-refractivity contribution >= 4 is 39.2 Å². The molecule has 148 valence electrons. The van der Waals surface area contributed by atoms with Crippen LogP contribution in [0.25, 0.3) is 10.2 Å². The summed E-state index contributed by atoms with van der Waals surface area (Å²) in [6.45, 7) is 11.3. The number of primary amides is 1. The summed E-state index contributed by atoms with van der Waals surface area (Å²) in [5.41, 5.74) is 6.93. The van der Waals surface area contributed by atoms with Crippen LogP contribution in [-0.4, -0.2) is 20.7 Å². The van der Waals surface area contributed by atoms with Crippen molar-refractivity contribution in [3.63, 3.8) is 0 Å². The van der Waals surface area contributed by atoms with Crippen LogP contribution in [0.5, 0.6) is 0 Å². The second-order valence-electron chi connectivity index (χ2n) is 8.50. The molecule has 3 rings (SSSR count). The Kier molecular flexibility index (Phi) is 5.73. The molecule has 2 N–H and O–H groups in total. The summed E-state index contributed by atoms with van der Waals surface area (Å²) in [6, 6.07) is 0. The van der Waals surface area contributed by atoms with Crippen molar-refractivity contribution < 1.29 is 4.79 Å². The largest absolute Gasteiger partial charge is 0.369 e. The van der Waals surface area contributed by atoms with Crippen molar-refractivity contribution in [1.82, 2.24) is 9.55 Å². The Hall–Kier alpha value is -1.34. The van der Waals surface area contributed by atoms with Gasteiger partial charge in [-0.1, -0.05) is 39.5 Å². The zero-order valence-electron chi connectivity index (χ0n) is 16.8. The highest BCUT2D eigenvalue weighted by Gasteiger charge is 2.32. The number of thioether (sulfide) groups is 1. The smallest absolute Gasteiger partial charge is 0.263 e. The quantitative estimate of drug-likeness (QED) is 0.600. The third-order valence-electron chi connectivity index (χ3n) is 5.49. The van der Waals surface area contributed by atoms with Gasteiger partial charge < -0.3 is 5.73 Å². The van der Waals surface area contributed by atoms with Gasteiger partial charge in [0.25, 0.3) is 5.56 Å². The van der Waals surface area contributed by atoms with E-state index in [1.165, 1.54) is 22.2 Å². The summed E-state index contributed by atoms with van der Waals surface area (Å²) in [7, 11) is 0. The zero-order chi connectivity index (χ0) is 19.9. The standard InChI is InChI=1S/C20H29N3O2S2/c1-6-9-23-18(25)15-13-8-7-12(20(3,4)5)10-14(13)27-17(15)22-19(23)26-11(2)16(21)24/h11-12H,6-10H2,1-5H3,(H2,21,24)/t11-,12+/m0/s1. The molecule has 0 saturated heterocycles. The first-order valence-corrected chi connectivity index (χ1v) is 11.3. The fourth-order valence-electron chi connectivity index (χ4n) is 3.71. The second-order valence-corrected chi connectivity index (χ2v) is 10.9. The highest BCUT2D eigenvalue weighted by molar-refractivity contribution is 8.00. The van der Waals surface area contributed by atoms with Crippen molar-refractivity contribution in [3.8, 4) is 0 Å². The van der Waals surface area contributed by atoms with Gasteiger partial charge >= 0.3 is 0 Å². The molecular weight excluding hydrogens is 378 g/mol. The SMILES string of the molecule is CCCn1c(S[C@@H](C)C(N)=O)nc2sc3c(c2c1=O)CC[C@@H](C(C)(C)C)C3. The van der Waals surface area contributed by atoms with Gasteiger partial charge in [-0.15, -0.1) is 11.3 Å². The molecular formula is C20H29N3O2S2. The van der Waals surface area contributed by atoms with Crippen molar-refractivity contribution in [3.05, 3.63) is 20.8 Å². The number of hydrogen-bond acceptors (Lipinski definition) is 5. The van der Waals surface area contributed by atoms with Crippen LogP contribution in [0.15, 0.2) is 9.95 Å². The van der Waals surface area contributed by atoms with Gasteiger partial charge in [0.15, 0.2) is 5.16 Å². The van der Waals surface area contributed by atoms with Crippen LogP contribution in [0.2, 0.25) is 0 Å². The molecule has 2 atom stereocenters. The van der Waals surface area contributed by atoms with E-state index in [-0.39, 0.29) is 11.0 Å². The Balaban J connectivity index is 2.11. The minimum absolute atomic E-state index is 0.0349. The lowest BCUT2D eigenvalue weighted by atomic mass is 9.72. The molecule has 0 aromatic carbocycles. The maximum atomic E-state index is 13.3. The topological polar surface area (TPSA) is 78.0 Å². The molecule has 0 saturated carbocycles. The Morgan fingerprint density at radius 1 is 1.44 bits per heavy atom. The fraction of sp³-hybridized carbons (Fsp3) is 0.650. The number of fused-ring (bicyclic) bond motifs is 3. The summed E-state index contributed by atoms with van der Waals surface area (Å²) in [6.07, 6.45) is 3.92. The molecule has 2 heterocycles. The predicted octanol–water partition coefficient (Wildman–Crippen LogP) is 3.98. The monoisotopic (exact) mass is 407 g/mol. The van der Waals surface area contributed by atoms with Crippen LogP contribution in [0.1, 0.15) is 57.9 Å². The van der Waals surface area contributed by atoms with E-state index in [9.17, 15) is 9.59 Å². The molecule has 0 unspecified atom stereocenters. The van der Waals surface area contributed by atoms with Crippen molar-refractivity contribution in [1.29, 1.82) is 0 Å². The molecule has 0 radical (unpaired) electrons. The van der Waals surface area contributed by atoms with E-state index in [0.29, 0.717) is 17.6 Å². The van der Waals surface area contributed by atoms with Gasteiger partial charge in [0.2, 0.25) is 5.91 Å². The summed E-state index contributed by atoms with van der Waals surface area (Å²) >= 11 is 2.94. The van der Waals surface area contributed by atoms with E-state index in [1.807, 2.05) is 6.92 Å². The summed E-state index contributed by atoms with van der Waals surface area (Å²) < 4.78 is 1.73. The zero-order valence-corrected chi connectivity index (χ0v) is 18.4. The summed E-state index contributed by atoms with van der Waals surface area (Å²) in [5.74, 6) is 0.232. The highest BCUT2D eigenvalue weighted by atomic mass is 32.2. The number of amides is 1. The van der Waals surface area contributed by atoms with Crippen molar-refractivity contribution in [2.24, 2.45) is 17.1 Å². The molecule has 5 nitrogen and oxygen atoms in total. The highest BCUT2D eigenvalue weighted by Crippen LogP contribution is 2.42. The summed E-state index contributed by atoms with van der Waals surface area (Å²) in [5, 5.41) is 0.982. The lowest BCUT2D eigenvalue weighted by molar-refractivity contribution is -0.117. The Bertz CT molecular complexity index is 924. The molecule has 0 bridgehead atoms. The maximum Gasteiger partial charge on any atom is 0.263 e. The number of hydrogen-bond donors (Lipinski definition) is 1. The number of aryl methyl sites for hydroxylation is 1. The predicted molar refractivity (Wildman–Crippen MR) is 114 cm³/mol. The third kappa shape index (κ3) is 3.94. The second kappa shape index (κ2) is 7.59. The Morgan fingerprint density at radius 2 is 2.15 bits per heavy atom. The van der Waals surface area contributed by atoms with Gasteiger partial charge in [-0.2, -0.15) is 0 Å². The van der Waals surface area contributed by atoms with Gasteiger partial charge in [-0.05, 0) is 49.5 Å². The first-order chi connectivity index (χ1) is 12.6. The number of carbonyl (C=O) groups is 1. The van der Waals surface area contributed by atoms with Gasteiger partial charge in [0.1, 0.15) is 4.83 Å². The van der Waals surface area contributed by atoms with Gasteiger partial charge in [-0.3, -0.25) is 14.2 Å². The lowest BCUT2D eigenvalue weighted by Crippen LogP contribution is -2.28. The fourth-order valence-corrected chi connectivity index (χ4v) is 5.93. The minimum atomic E-state index is -0.419. The lowest BCUT2D eigenvalue weighted by Gasteiger charge is -2.33. The number of nitrogens with two attached hydrogens (primary N) is 1. The molecule has 0 fully saturated rings. The average molecular weight is 408 g/mol. The molecule has 1 aliphatic rings. The normalized spacial score (nSPS) is 18.5. The average Bonchev–Trinajstić information content (AvgIpc) is 2.94. The van der Waals surface area contributed by atoms with E-state index in [1.54, 1.807) is 22.8 Å². The Labute approximate surface area is 168 Å². The van der Waals surface area contributed by atoms with Crippen LogP contribution in [0.4, 0.5) is 0 Å². The molecule has 2 aromatic rings. The molecule has 7 heteroatoms. The van der Waals surface area contributed by atoms with Crippen LogP contribution in [-0.2, 0) is 24.2 Å². The first-order valence-electron chi connectivity index (χ1n) is 9.64. The molecule has 2 aromatic heterocycles. The van der Waals surface area contributed by atoms with Gasteiger partial charge in [-0.25, -0.2) is 4.98 Å². The third-order valence-corrected chi connectivity index (χ3v) is 7.75. The molecule has 1 aliphatic carbocycles. The van der Waals surface area contributed by atoms with E-state index in [4.69, 9.17) is 10.7 Å². The van der Waals surface area contributed by atoms with E-state index >= 15 is 0 Å².